The lowest BCUT2D eigenvalue weighted by molar-refractivity contribution is -0.384. The molecule has 1 aromatic carbocycles. The van der Waals surface area contributed by atoms with E-state index in [0.717, 1.165) is 13.1 Å². The van der Waals surface area contributed by atoms with Crippen molar-refractivity contribution in [2.24, 2.45) is 0 Å². The van der Waals surface area contributed by atoms with Crippen LogP contribution in [0, 0.1) is 10.1 Å². The van der Waals surface area contributed by atoms with Crippen molar-refractivity contribution in [3.8, 4) is 0 Å². The van der Waals surface area contributed by atoms with Crippen molar-refractivity contribution < 1.29 is 4.92 Å². The summed E-state index contributed by atoms with van der Waals surface area (Å²) in [5.41, 5.74) is 0.925. The molecule has 0 aromatic heterocycles. The quantitative estimate of drug-likeness (QED) is 0.660. The van der Waals surface area contributed by atoms with Crippen LogP contribution in [-0.4, -0.2) is 34.5 Å². The maximum atomic E-state index is 10.9. The van der Waals surface area contributed by atoms with Crippen LogP contribution in [0.3, 0.4) is 0 Å². The molecule has 2 rings (SSSR count). The van der Waals surface area contributed by atoms with Crippen LogP contribution in [-0.2, 0) is 0 Å². The van der Waals surface area contributed by atoms with Crippen LogP contribution >= 0.6 is 0 Å². The second-order valence-electron chi connectivity index (χ2n) is 5.69. The van der Waals surface area contributed by atoms with E-state index in [4.69, 9.17) is 0 Å². The van der Waals surface area contributed by atoms with Crippen LogP contribution in [0.25, 0.3) is 0 Å². The normalized spacial score (nSPS) is 17.3. The van der Waals surface area contributed by atoms with Gasteiger partial charge in [-0.05, 0) is 26.8 Å². The van der Waals surface area contributed by atoms with Gasteiger partial charge in [0.15, 0.2) is 0 Å². The van der Waals surface area contributed by atoms with Crippen molar-refractivity contribution in [1.82, 2.24) is 4.90 Å². The largest absolute Gasteiger partial charge is 0.374 e. The van der Waals surface area contributed by atoms with Gasteiger partial charge in [-0.15, -0.1) is 0 Å². The van der Waals surface area contributed by atoms with Gasteiger partial charge in [0, 0.05) is 24.7 Å². The Morgan fingerprint density at radius 1 is 1.33 bits per heavy atom. The van der Waals surface area contributed by atoms with E-state index < -0.39 is 0 Å². The molecule has 1 heterocycles. The number of para-hydroxylation sites is 2. The molecule has 1 N–H and O–H groups in total. The topological polar surface area (TPSA) is 58.4 Å². The van der Waals surface area contributed by atoms with Crippen molar-refractivity contribution in [3.05, 3.63) is 34.4 Å². The molecule has 0 unspecified atom stereocenters. The SMILES string of the molecule is CC(C)(C)N1CC(Nc2ccccc2[N+](=O)[O-])C1. The predicted octanol–water partition coefficient (Wildman–Crippen LogP) is 2.49. The van der Waals surface area contributed by atoms with Crippen molar-refractivity contribution in [3.63, 3.8) is 0 Å². The van der Waals surface area contributed by atoms with Gasteiger partial charge in [-0.1, -0.05) is 12.1 Å². The smallest absolute Gasteiger partial charge is 0.292 e. The Morgan fingerprint density at radius 3 is 2.50 bits per heavy atom. The number of nitro groups is 1. The zero-order valence-electron chi connectivity index (χ0n) is 11.0. The molecule has 5 nitrogen and oxygen atoms in total. The van der Waals surface area contributed by atoms with E-state index in [1.54, 1.807) is 12.1 Å². The van der Waals surface area contributed by atoms with Gasteiger partial charge >= 0.3 is 0 Å². The van der Waals surface area contributed by atoms with E-state index in [9.17, 15) is 10.1 Å². The van der Waals surface area contributed by atoms with Crippen LogP contribution in [0.5, 0.6) is 0 Å². The molecule has 0 radical (unpaired) electrons. The monoisotopic (exact) mass is 249 g/mol. The summed E-state index contributed by atoms with van der Waals surface area (Å²) in [5.74, 6) is 0. The molecule has 1 saturated heterocycles. The maximum Gasteiger partial charge on any atom is 0.292 e. The predicted molar refractivity (Wildman–Crippen MR) is 71.8 cm³/mol. The van der Waals surface area contributed by atoms with Crippen LogP contribution in [0.4, 0.5) is 11.4 Å². The van der Waals surface area contributed by atoms with Gasteiger partial charge in [-0.2, -0.15) is 0 Å². The standard InChI is InChI=1S/C13H19N3O2/c1-13(2,3)15-8-10(9-15)14-11-6-4-5-7-12(11)16(17)18/h4-7,10,14H,8-9H2,1-3H3. The molecule has 5 heteroatoms. The minimum Gasteiger partial charge on any atom is -0.374 e. The Morgan fingerprint density at radius 2 is 1.94 bits per heavy atom. The molecule has 98 valence electrons. The van der Waals surface area contributed by atoms with E-state index in [2.05, 4.69) is 31.0 Å². The number of benzene rings is 1. The van der Waals surface area contributed by atoms with Gasteiger partial charge in [-0.3, -0.25) is 15.0 Å². The highest BCUT2D eigenvalue weighted by atomic mass is 16.6. The number of nitrogens with one attached hydrogen (secondary N) is 1. The minimum absolute atomic E-state index is 0.145. The van der Waals surface area contributed by atoms with Crippen LogP contribution in [0.15, 0.2) is 24.3 Å². The fraction of sp³-hybridized carbons (Fsp3) is 0.538. The van der Waals surface area contributed by atoms with Crippen LogP contribution < -0.4 is 5.32 Å². The first-order valence-electron chi connectivity index (χ1n) is 6.13. The lowest BCUT2D eigenvalue weighted by Gasteiger charge is -2.48. The summed E-state index contributed by atoms with van der Waals surface area (Å²) in [7, 11) is 0. The fourth-order valence-electron chi connectivity index (χ4n) is 2.09. The van der Waals surface area contributed by atoms with Crippen molar-refractivity contribution in [2.75, 3.05) is 18.4 Å². The molecule has 1 aliphatic rings. The second kappa shape index (κ2) is 4.57. The van der Waals surface area contributed by atoms with Gasteiger partial charge in [0.25, 0.3) is 5.69 Å². The number of anilines is 1. The summed E-state index contributed by atoms with van der Waals surface area (Å²) in [6.07, 6.45) is 0. The molecule has 1 aliphatic heterocycles. The third-order valence-corrected chi connectivity index (χ3v) is 3.29. The summed E-state index contributed by atoms with van der Waals surface area (Å²) in [6, 6.07) is 7.09. The third-order valence-electron chi connectivity index (χ3n) is 3.29. The van der Waals surface area contributed by atoms with Crippen molar-refractivity contribution in [1.29, 1.82) is 0 Å². The zero-order valence-corrected chi connectivity index (χ0v) is 11.0. The lowest BCUT2D eigenvalue weighted by Crippen LogP contribution is -2.61. The van der Waals surface area contributed by atoms with Gasteiger partial charge in [-0.25, -0.2) is 0 Å². The van der Waals surface area contributed by atoms with E-state index in [0.29, 0.717) is 11.7 Å². The molecular weight excluding hydrogens is 230 g/mol. The van der Waals surface area contributed by atoms with Crippen LogP contribution in [0.2, 0.25) is 0 Å². The average Bonchev–Trinajstić information content (AvgIpc) is 2.21. The van der Waals surface area contributed by atoms with Crippen molar-refractivity contribution in [2.45, 2.75) is 32.4 Å². The first-order valence-corrected chi connectivity index (χ1v) is 6.13. The van der Waals surface area contributed by atoms with E-state index in [1.165, 1.54) is 6.07 Å². The Labute approximate surface area is 107 Å². The Kier molecular flexibility index (Phi) is 3.26. The summed E-state index contributed by atoms with van der Waals surface area (Å²) in [4.78, 5) is 12.9. The molecule has 0 atom stereocenters. The highest BCUT2D eigenvalue weighted by Crippen LogP contribution is 2.28. The first kappa shape index (κ1) is 12.8. The Bertz CT molecular complexity index is 448. The minimum atomic E-state index is -0.345. The van der Waals surface area contributed by atoms with Crippen LogP contribution in [0.1, 0.15) is 20.8 Å². The number of hydrogen-bond donors (Lipinski definition) is 1. The Hall–Kier alpha value is -1.62. The molecule has 1 aromatic rings. The molecule has 0 saturated carbocycles. The highest BCUT2D eigenvalue weighted by Gasteiger charge is 2.34. The molecular formula is C13H19N3O2. The number of nitrogens with zero attached hydrogens (tertiary/aromatic N) is 2. The molecule has 0 spiro atoms. The highest BCUT2D eigenvalue weighted by molar-refractivity contribution is 5.61. The average molecular weight is 249 g/mol. The summed E-state index contributed by atoms with van der Waals surface area (Å²) in [5, 5.41) is 14.1. The summed E-state index contributed by atoms with van der Waals surface area (Å²) < 4.78 is 0. The first-order chi connectivity index (χ1) is 8.38. The van der Waals surface area contributed by atoms with E-state index in [1.807, 2.05) is 6.07 Å². The van der Waals surface area contributed by atoms with Gasteiger partial charge in [0.2, 0.25) is 0 Å². The molecule has 0 bridgehead atoms. The summed E-state index contributed by atoms with van der Waals surface area (Å²) >= 11 is 0. The van der Waals surface area contributed by atoms with Gasteiger partial charge in [0.1, 0.15) is 5.69 Å². The fourth-order valence-corrected chi connectivity index (χ4v) is 2.09. The number of hydrogen-bond acceptors (Lipinski definition) is 4. The molecule has 0 amide bonds. The second-order valence-corrected chi connectivity index (χ2v) is 5.69. The van der Waals surface area contributed by atoms with Gasteiger partial charge in [0.05, 0.1) is 11.0 Å². The Balaban J connectivity index is 1.99. The number of rotatable bonds is 3. The summed E-state index contributed by atoms with van der Waals surface area (Å²) in [6.45, 7) is 8.38. The van der Waals surface area contributed by atoms with E-state index in [-0.39, 0.29) is 16.1 Å². The lowest BCUT2D eigenvalue weighted by atomic mass is 9.97. The zero-order chi connectivity index (χ0) is 13.3. The number of nitro benzene ring substituents is 1. The number of likely N-dealkylation sites (tertiary alicyclic amines) is 1. The van der Waals surface area contributed by atoms with Gasteiger partial charge < -0.3 is 5.32 Å². The molecule has 18 heavy (non-hydrogen) atoms. The van der Waals surface area contributed by atoms with E-state index >= 15 is 0 Å². The van der Waals surface area contributed by atoms with Crippen molar-refractivity contribution >= 4 is 11.4 Å². The maximum absolute atomic E-state index is 10.9. The molecule has 1 fully saturated rings. The molecule has 0 aliphatic carbocycles. The third kappa shape index (κ3) is 2.61.